The molecule has 0 saturated carbocycles. The molecule has 0 aromatic heterocycles. The number of anilines is 2. The first-order valence-electron chi connectivity index (χ1n) is 8.08. The van der Waals surface area contributed by atoms with Crippen molar-refractivity contribution in [3.63, 3.8) is 0 Å². The second-order valence-corrected chi connectivity index (χ2v) is 6.45. The van der Waals surface area contributed by atoms with Gasteiger partial charge < -0.3 is 15.0 Å². The van der Waals surface area contributed by atoms with Gasteiger partial charge in [-0.2, -0.15) is 0 Å². The van der Waals surface area contributed by atoms with Crippen molar-refractivity contribution >= 4 is 40.5 Å². The molecule has 27 heavy (non-hydrogen) atoms. The second kappa shape index (κ2) is 7.63. The van der Waals surface area contributed by atoms with Crippen molar-refractivity contribution in [1.29, 1.82) is 0 Å². The second-order valence-electron chi connectivity index (χ2n) is 6.01. The maximum Gasteiger partial charge on any atom is 0.296 e. The normalized spacial score (nSPS) is 16.3. The third kappa shape index (κ3) is 4.01. The van der Waals surface area contributed by atoms with Gasteiger partial charge in [0.05, 0.1) is 24.0 Å². The Morgan fingerprint density at radius 1 is 1.30 bits per heavy atom. The number of nitrogens with zero attached hydrogens (tertiary/aromatic N) is 2. The average molecular weight is 390 g/mol. The molecule has 1 N–H and O–H groups in total. The molecule has 2 aromatic carbocycles. The highest BCUT2D eigenvalue weighted by atomic mass is 35.5. The van der Waals surface area contributed by atoms with Gasteiger partial charge in [-0.1, -0.05) is 11.6 Å². The first-order valence-corrected chi connectivity index (χ1v) is 8.46. The lowest BCUT2D eigenvalue weighted by Gasteiger charge is -2.16. The molecule has 8 nitrogen and oxygen atoms in total. The van der Waals surface area contributed by atoms with Crippen molar-refractivity contribution in [2.45, 2.75) is 6.42 Å². The van der Waals surface area contributed by atoms with E-state index in [2.05, 4.69) is 5.32 Å². The number of benzene rings is 2. The molecule has 0 aliphatic carbocycles. The number of carbonyl (C=O) groups excluding carboxylic acids is 2. The van der Waals surface area contributed by atoms with Crippen LogP contribution in [0.4, 0.5) is 17.1 Å². The van der Waals surface area contributed by atoms with E-state index in [9.17, 15) is 19.7 Å². The highest BCUT2D eigenvalue weighted by molar-refractivity contribution is 6.30. The lowest BCUT2D eigenvalue weighted by Crippen LogP contribution is -2.28. The smallest absolute Gasteiger partial charge is 0.296 e. The topological polar surface area (TPSA) is 102 Å². The predicted octanol–water partition coefficient (Wildman–Crippen LogP) is 3.25. The standard InChI is InChI=1S/C18H16ClN3O5/c1-27-14-6-7-15(16(9-14)22(25)26)20-18(24)11-8-17(23)21(10-11)13-4-2-12(19)3-5-13/h2-7,9,11H,8,10H2,1H3,(H,20,24). The Morgan fingerprint density at radius 3 is 2.63 bits per heavy atom. The van der Waals surface area contributed by atoms with Gasteiger partial charge in [0.1, 0.15) is 11.4 Å². The molecule has 0 radical (unpaired) electrons. The number of carbonyl (C=O) groups is 2. The summed E-state index contributed by atoms with van der Waals surface area (Å²) in [6.07, 6.45) is 0.0262. The summed E-state index contributed by atoms with van der Waals surface area (Å²) in [4.78, 5) is 37.0. The van der Waals surface area contributed by atoms with Gasteiger partial charge in [0.25, 0.3) is 5.69 Å². The molecule has 3 rings (SSSR count). The fraction of sp³-hybridized carbons (Fsp3) is 0.222. The van der Waals surface area contributed by atoms with Crippen molar-refractivity contribution in [3.05, 3.63) is 57.6 Å². The lowest BCUT2D eigenvalue weighted by atomic mass is 10.1. The van der Waals surface area contributed by atoms with Crippen molar-refractivity contribution in [1.82, 2.24) is 0 Å². The number of ether oxygens (including phenoxy) is 1. The highest BCUT2D eigenvalue weighted by Crippen LogP contribution is 2.31. The first kappa shape index (κ1) is 18.7. The molecule has 140 valence electrons. The maximum atomic E-state index is 12.6. The number of methoxy groups -OCH3 is 1. The van der Waals surface area contributed by atoms with Crippen LogP contribution in [0.1, 0.15) is 6.42 Å². The molecule has 0 bridgehead atoms. The van der Waals surface area contributed by atoms with Crippen LogP contribution in [-0.4, -0.2) is 30.4 Å². The monoisotopic (exact) mass is 389 g/mol. The van der Waals surface area contributed by atoms with Gasteiger partial charge in [-0.3, -0.25) is 19.7 Å². The molecule has 1 saturated heterocycles. The van der Waals surface area contributed by atoms with Gasteiger partial charge in [0.2, 0.25) is 11.8 Å². The number of nitrogens with one attached hydrogen (secondary N) is 1. The summed E-state index contributed by atoms with van der Waals surface area (Å²) in [6, 6.07) is 10.9. The zero-order chi connectivity index (χ0) is 19.6. The molecule has 1 unspecified atom stereocenters. The van der Waals surface area contributed by atoms with Crippen LogP contribution in [0.25, 0.3) is 0 Å². The van der Waals surface area contributed by atoms with Crippen molar-refractivity contribution in [2.24, 2.45) is 5.92 Å². The molecule has 1 atom stereocenters. The van der Waals surface area contributed by atoms with Gasteiger partial charge in [-0.05, 0) is 36.4 Å². The average Bonchev–Trinajstić information content (AvgIpc) is 3.04. The Labute approximate surface area is 159 Å². The maximum absolute atomic E-state index is 12.6. The minimum atomic E-state index is -0.616. The molecule has 2 amide bonds. The summed E-state index contributed by atoms with van der Waals surface area (Å²) in [5.74, 6) is -0.950. The Kier molecular flexibility index (Phi) is 5.27. The van der Waals surface area contributed by atoms with E-state index in [1.807, 2.05) is 0 Å². The third-order valence-corrected chi connectivity index (χ3v) is 4.55. The van der Waals surface area contributed by atoms with Gasteiger partial charge in [-0.25, -0.2) is 0 Å². The van der Waals surface area contributed by atoms with E-state index >= 15 is 0 Å². The summed E-state index contributed by atoms with van der Waals surface area (Å²) in [7, 11) is 1.40. The van der Waals surface area contributed by atoms with Crippen LogP contribution in [0.3, 0.4) is 0 Å². The van der Waals surface area contributed by atoms with Crippen LogP contribution in [-0.2, 0) is 9.59 Å². The number of amides is 2. The molecular weight excluding hydrogens is 374 g/mol. The Bertz CT molecular complexity index is 900. The molecule has 1 heterocycles. The fourth-order valence-electron chi connectivity index (χ4n) is 2.88. The van der Waals surface area contributed by atoms with Crippen LogP contribution >= 0.6 is 11.6 Å². The predicted molar refractivity (Wildman–Crippen MR) is 100 cm³/mol. The third-order valence-electron chi connectivity index (χ3n) is 4.29. The van der Waals surface area contributed by atoms with Crippen LogP contribution in [0.15, 0.2) is 42.5 Å². The van der Waals surface area contributed by atoms with Crippen molar-refractivity contribution in [2.75, 3.05) is 23.9 Å². The molecule has 1 aliphatic heterocycles. The van der Waals surface area contributed by atoms with Gasteiger partial charge in [0, 0.05) is 23.7 Å². The number of nitro benzene ring substituents is 1. The lowest BCUT2D eigenvalue weighted by molar-refractivity contribution is -0.384. The van der Waals surface area contributed by atoms with Crippen LogP contribution in [0.2, 0.25) is 5.02 Å². The number of rotatable bonds is 5. The molecular formula is C18H16ClN3O5. The summed E-state index contributed by atoms with van der Waals surface area (Å²) in [5.41, 5.74) is 0.430. The number of halogens is 1. The van der Waals surface area contributed by atoms with Gasteiger partial charge >= 0.3 is 0 Å². The first-order chi connectivity index (χ1) is 12.9. The van der Waals surface area contributed by atoms with Crippen molar-refractivity contribution < 1.29 is 19.2 Å². The minimum absolute atomic E-state index is 0.0262. The Hall–Kier alpha value is -3.13. The summed E-state index contributed by atoms with van der Waals surface area (Å²) >= 11 is 5.85. The zero-order valence-corrected chi connectivity index (χ0v) is 15.1. The van der Waals surface area contributed by atoms with E-state index in [-0.39, 0.29) is 30.2 Å². The highest BCUT2D eigenvalue weighted by Gasteiger charge is 2.35. The van der Waals surface area contributed by atoms with Gasteiger partial charge in [0.15, 0.2) is 0 Å². The molecule has 1 fully saturated rings. The van der Waals surface area contributed by atoms with E-state index in [0.29, 0.717) is 16.5 Å². The van der Waals surface area contributed by atoms with E-state index < -0.39 is 16.7 Å². The Balaban J connectivity index is 1.75. The van der Waals surface area contributed by atoms with Crippen LogP contribution in [0, 0.1) is 16.0 Å². The number of hydrogen-bond acceptors (Lipinski definition) is 5. The molecule has 1 aliphatic rings. The number of hydrogen-bond donors (Lipinski definition) is 1. The quantitative estimate of drug-likeness (QED) is 0.624. The molecule has 9 heteroatoms. The molecule has 0 spiro atoms. The van der Waals surface area contributed by atoms with Crippen molar-refractivity contribution in [3.8, 4) is 5.75 Å². The number of nitro groups is 1. The summed E-state index contributed by atoms with van der Waals surface area (Å²) < 4.78 is 4.97. The zero-order valence-electron chi connectivity index (χ0n) is 14.3. The Morgan fingerprint density at radius 2 is 2.00 bits per heavy atom. The fourth-order valence-corrected chi connectivity index (χ4v) is 3.01. The van der Waals surface area contributed by atoms with Crippen LogP contribution in [0.5, 0.6) is 5.75 Å². The molecule has 2 aromatic rings. The summed E-state index contributed by atoms with van der Waals surface area (Å²) in [6.45, 7) is 0.191. The largest absolute Gasteiger partial charge is 0.496 e. The summed E-state index contributed by atoms with van der Waals surface area (Å²) in [5, 5.41) is 14.3. The minimum Gasteiger partial charge on any atom is -0.496 e. The van der Waals surface area contributed by atoms with E-state index in [0.717, 1.165) is 0 Å². The van der Waals surface area contributed by atoms with E-state index in [4.69, 9.17) is 16.3 Å². The van der Waals surface area contributed by atoms with E-state index in [1.54, 1.807) is 24.3 Å². The van der Waals surface area contributed by atoms with Crippen LogP contribution < -0.4 is 15.0 Å². The van der Waals surface area contributed by atoms with E-state index in [1.165, 1.54) is 30.2 Å². The SMILES string of the molecule is COc1ccc(NC(=O)C2CC(=O)N(c3ccc(Cl)cc3)C2)c([N+](=O)[O-])c1. The van der Waals surface area contributed by atoms with Gasteiger partial charge in [-0.15, -0.1) is 0 Å².